The molecule has 3 heteroatoms. The number of aliphatic hydroxyl groups is 1. The largest absolute Gasteiger partial charge is 0.481 e. The van der Waals surface area contributed by atoms with Crippen LogP contribution in [0.2, 0.25) is 0 Å². The van der Waals surface area contributed by atoms with E-state index in [9.17, 15) is 15.0 Å². The zero-order valence-corrected chi connectivity index (χ0v) is 11.7. The van der Waals surface area contributed by atoms with E-state index < -0.39 is 17.0 Å². The predicted molar refractivity (Wildman–Crippen MR) is 70.4 cm³/mol. The van der Waals surface area contributed by atoms with Crippen LogP contribution in [0.3, 0.4) is 0 Å². The Hall–Kier alpha value is -0.570. The molecule has 2 aliphatic rings. The lowest BCUT2D eigenvalue weighted by molar-refractivity contribution is -0.158. The van der Waals surface area contributed by atoms with E-state index in [-0.39, 0.29) is 5.41 Å². The van der Waals surface area contributed by atoms with Crippen LogP contribution in [-0.2, 0) is 4.79 Å². The van der Waals surface area contributed by atoms with E-state index in [2.05, 4.69) is 13.8 Å². The summed E-state index contributed by atoms with van der Waals surface area (Å²) in [6.45, 7) is 4.42. The average Bonchev–Trinajstić information content (AvgIpc) is 2.68. The number of aliphatic carboxylic acids is 1. The van der Waals surface area contributed by atoms with E-state index in [1.165, 1.54) is 0 Å². The van der Waals surface area contributed by atoms with Crippen molar-refractivity contribution < 1.29 is 15.0 Å². The zero-order valence-electron chi connectivity index (χ0n) is 11.7. The van der Waals surface area contributed by atoms with Gasteiger partial charge < -0.3 is 10.2 Å². The summed E-state index contributed by atoms with van der Waals surface area (Å²) in [5.41, 5.74) is -1.12. The summed E-state index contributed by atoms with van der Waals surface area (Å²) in [7, 11) is 0. The first-order valence-corrected chi connectivity index (χ1v) is 7.23. The van der Waals surface area contributed by atoms with Crippen molar-refractivity contribution in [3.05, 3.63) is 0 Å². The smallest absolute Gasteiger partial charge is 0.309 e. The summed E-state index contributed by atoms with van der Waals surface area (Å²) in [5.74, 6) is -0.696. The lowest BCUT2D eigenvalue weighted by Crippen LogP contribution is -2.44. The number of rotatable bonds is 3. The molecule has 2 aliphatic carbocycles. The van der Waals surface area contributed by atoms with Crippen LogP contribution in [0, 0.1) is 10.8 Å². The minimum Gasteiger partial charge on any atom is -0.481 e. The summed E-state index contributed by atoms with van der Waals surface area (Å²) in [6, 6.07) is 0. The van der Waals surface area contributed by atoms with Gasteiger partial charge in [-0.1, -0.05) is 26.7 Å². The van der Waals surface area contributed by atoms with Crippen LogP contribution < -0.4 is 0 Å². The highest BCUT2D eigenvalue weighted by Gasteiger charge is 2.49. The van der Waals surface area contributed by atoms with Crippen LogP contribution in [0.4, 0.5) is 0 Å². The van der Waals surface area contributed by atoms with Gasteiger partial charge in [-0.25, -0.2) is 0 Å². The van der Waals surface area contributed by atoms with Crippen molar-refractivity contribution in [2.75, 3.05) is 0 Å². The molecule has 2 fully saturated rings. The minimum atomic E-state index is -0.708. The van der Waals surface area contributed by atoms with Crippen molar-refractivity contribution in [2.24, 2.45) is 10.8 Å². The third-order valence-corrected chi connectivity index (χ3v) is 5.22. The number of carboxylic acids is 1. The molecule has 18 heavy (non-hydrogen) atoms. The van der Waals surface area contributed by atoms with Gasteiger partial charge >= 0.3 is 5.97 Å². The highest BCUT2D eigenvalue weighted by atomic mass is 16.4. The van der Waals surface area contributed by atoms with E-state index in [1.807, 2.05) is 0 Å². The Morgan fingerprint density at radius 1 is 1.00 bits per heavy atom. The molecule has 0 aromatic heterocycles. The van der Waals surface area contributed by atoms with Gasteiger partial charge in [-0.15, -0.1) is 0 Å². The normalized spacial score (nSPS) is 29.1. The molecule has 0 aromatic rings. The van der Waals surface area contributed by atoms with E-state index in [0.29, 0.717) is 6.42 Å². The second-order valence-corrected chi connectivity index (χ2v) is 7.36. The van der Waals surface area contributed by atoms with Gasteiger partial charge in [0.25, 0.3) is 0 Å². The molecular formula is C15H26O3. The molecule has 0 spiro atoms. The lowest BCUT2D eigenvalue weighted by Gasteiger charge is -2.43. The van der Waals surface area contributed by atoms with E-state index >= 15 is 0 Å². The van der Waals surface area contributed by atoms with Gasteiger partial charge in [-0.3, -0.25) is 4.79 Å². The Morgan fingerprint density at radius 2 is 1.50 bits per heavy atom. The van der Waals surface area contributed by atoms with Gasteiger partial charge in [-0.05, 0) is 50.4 Å². The number of hydrogen-bond acceptors (Lipinski definition) is 2. The van der Waals surface area contributed by atoms with Crippen LogP contribution >= 0.6 is 0 Å². The van der Waals surface area contributed by atoms with Gasteiger partial charge in [0.1, 0.15) is 0 Å². The second-order valence-electron chi connectivity index (χ2n) is 7.36. The second kappa shape index (κ2) is 4.52. The van der Waals surface area contributed by atoms with Gasteiger partial charge in [0.2, 0.25) is 0 Å². The first kappa shape index (κ1) is 13.9. The molecule has 0 heterocycles. The molecule has 3 nitrogen and oxygen atoms in total. The molecule has 0 saturated heterocycles. The van der Waals surface area contributed by atoms with Gasteiger partial charge in [0, 0.05) is 0 Å². The van der Waals surface area contributed by atoms with Crippen LogP contribution in [0.1, 0.15) is 71.6 Å². The first-order chi connectivity index (χ1) is 8.27. The molecular weight excluding hydrogens is 228 g/mol. The summed E-state index contributed by atoms with van der Waals surface area (Å²) < 4.78 is 0. The number of carbonyl (C=O) groups is 1. The zero-order chi connectivity index (χ0) is 13.4. The fourth-order valence-corrected chi connectivity index (χ4v) is 3.71. The Morgan fingerprint density at radius 3 is 1.94 bits per heavy atom. The van der Waals surface area contributed by atoms with Crippen LogP contribution in [0.25, 0.3) is 0 Å². The van der Waals surface area contributed by atoms with Crippen LogP contribution in [0.15, 0.2) is 0 Å². The Balaban J connectivity index is 2.11. The van der Waals surface area contributed by atoms with Crippen molar-refractivity contribution in [3.8, 4) is 0 Å². The highest BCUT2D eigenvalue weighted by molar-refractivity contribution is 5.75. The Kier molecular flexibility index (Phi) is 3.48. The monoisotopic (exact) mass is 254 g/mol. The lowest BCUT2D eigenvalue weighted by atomic mass is 9.61. The summed E-state index contributed by atoms with van der Waals surface area (Å²) in [5, 5.41) is 20.1. The molecule has 2 saturated carbocycles. The van der Waals surface area contributed by atoms with Gasteiger partial charge in [-0.2, -0.15) is 0 Å². The van der Waals surface area contributed by atoms with Crippen molar-refractivity contribution >= 4 is 5.97 Å². The maximum atomic E-state index is 11.7. The molecule has 0 amide bonds. The minimum absolute atomic E-state index is 0.261. The van der Waals surface area contributed by atoms with Crippen molar-refractivity contribution in [1.82, 2.24) is 0 Å². The Labute approximate surface area is 110 Å². The third-order valence-electron chi connectivity index (χ3n) is 5.22. The number of carboxylic acid groups (broad SMARTS) is 1. The fourth-order valence-electron chi connectivity index (χ4n) is 3.71. The van der Waals surface area contributed by atoms with Crippen molar-refractivity contribution in [3.63, 3.8) is 0 Å². The quantitative estimate of drug-likeness (QED) is 0.812. The van der Waals surface area contributed by atoms with E-state index in [1.54, 1.807) is 0 Å². The molecule has 0 aliphatic heterocycles. The standard InChI is InChI=1S/C15H26O3/c1-13(2)7-9-14(10-8-13,12(16)17)11-15(18)5-3-4-6-15/h18H,3-11H2,1-2H3,(H,16,17). The topological polar surface area (TPSA) is 57.5 Å². The summed E-state index contributed by atoms with van der Waals surface area (Å²) in [6.07, 6.45) is 7.46. The molecule has 2 rings (SSSR count). The first-order valence-electron chi connectivity index (χ1n) is 7.23. The molecule has 0 unspecified atom stereocenters. The van der Waals surface area contributed by atoms with Gasteiger partial charge in [0.15, 0.2) is 0 Å². The van der Waals surface area contributed by atoms with Gasteiger partial charge in [0.05, 0.1) is 11.0 Å². The molecule has 0 radical (unpaired) electrons. The van der Waals surface area contributed by atoms with E-state index in [4.69, 9.17) is 0 Å². The molecule has 0 aromatic carbocycles. The summed E-state index contributed by atoms with van der Waals surface area (Å²) in [4.78, 5) is 11.7. The molecule has 104 valence electrons. The molecule has 2 N–H and O–H groups in total. The molecule has 0 bridgehead atoms. The number of hydrogen-bond donors (Lipinski definition) is 2. The summed E-state index contributed by atoms with van der Waals surface area (Å²) >= 11 is 0. The van der Waals surface area contributed by atoms with E-state index in [0.717, 1.165) is 51.4 Å². The Bertz CT molecular complexity index is 317. The van der Waals surface area contributed by atoms with Crippen LogP contribution in [-0.4, -0.2) is 21.8 Å². The fraction of sp³-hybridized carbons (Fsp3) is 0.933. The maximum Gasteiger partial charge on any atom is 0.309 e. The average molecular weight is 254 g/mol. The van der Waals surface area contributed by atoms with Crippen molar-refractivity contribution in [2.45, 2.75) is 77.2 Å². The van der Waals surface area contributed by atoms with Crippen LogP contribution in [0.5, 0.6) is 0 Å². The maximum absolute atomic E-state index is 11.7. The predicted octanol–water partition coefficient (Wildman–Crippen LogP) is 3.35. The van der Waals surface area contributed by atoms with Crippen molar-refractivity contribution in [1.29, 1.82) is 0 Å². The third kappa shape index (κ3) is 2.71. The SMILES string of the molecule is CC1(C)CCC(CC2(O)CCCC2)(C(=O)O)CC1. The molecule has 0 atom stereocenters. The highest BCUT2D eigenvalue weighted by Crippen LogP contribution is 2.51.